The number of nitrogens with two attached hydrogens (primary N) is 2. The minimum absolute atomic E-state index is 0.0810. The van der Waals surface area contributed by atoms with Crippen molar-refractivity contribution in [2.45, 2.75) is 51.6 Å². The summed E-state index contributed by atoms with van der Waals surface area (Å²) in [4.78, 5) is 4.50. The summed E-state index contributed by atoms with van der Waals surface area (Å²) in [5.41, 5.74) is 12.8. The molecule has 1 aromatic carbocycles. The summed E-state index contributed by atoms with van der Waals surface area (Å²) in [6.45, 7) is 5.34. The Hall–Kier alpha value is -1.37. The van der Waals surface area contributed by atoms with Crippen molar-refractivity contribution >= 4 is 21.6 Å². The van der Waals surface area contributed by atoms with Crippen LogP contribution in [0.5, 0.6) is 11.5 Å². The highest BCUT2D eigenvalue weighted by molar-refractivity contribution is 7.18. The van der Waals surface area contributed by atoms with Crippen LogP contribution in [0.4, 0.5) is 0 Å². The molecular formula is C17H27N3O2S. The molecule has 4 N–H and O–H groups in total. The molecular weight excluding hydrogens is 310 g/mol. The molecule has 1 aromatic heterocycles. The maximum absolute atomic E-state index is 6.32. The van der Waals surface area contributed by atoms with E-state index >= 15 is 0 Å². The van der Waals surface area contributed by atoms with E-state index in [0.717, 1.165) is 52.4 Å². The molecule has 0 spiro atoms. The van der Waals surface area contributed by atoms with Crippen LogP contribution in [0.15, 0.2) is 12.1 Å². The highest BCUT2D eigenvalue weighted by Crippen LogP contribution is 2.35. The number of hydrogen-bond acceptors (Lipinski definition) is 6. The second kappa shape index (κ2) is 7.95. The number of thiazole rings is 1. The molecule has 23 heavy (non-hydrogen) atoms. The predicted molar refractivity (Wildman–Crippen MR) is 96.3 cm³/mol. The molecule has 0 fully saturated rings. The number of aromatic nitrogens is 1. The van der Waals surface area contributed by atoms with E-state index in [1.54, 1.807) is 18.4 Å². The monoisotopic (exact) mass is 337 g/mol. The van der Waals surface area contributed by atoms with Gasteiger partial charge in [0, 0.05) is 24.2 Å². The number of methoxy groups -OCH3 is 1. The molecule has 5 nitrogen and oxygen atoms in total. The van der Waals surface area contributed by atoms with Crippen molar-refractivity contribution in [3.63, 3.8) is 0 Å². The van der Waals surface area contributed by atoms with Crippen LogP contribution in [-0.4, -0.2) is 24.2 Å². The first-order chi connectivity index (χ1) is 11.0. The summed E-state index contributed by atoms with van der Waals surface area (Å²) in [5, 5.41) is 0.915. The molecule has 1 heterocycles. The van der Waals surface area contributed by atoms with E-state index in [4.69, 9.17) is 20.9 Å². The van der Waals surface area contributed by atoms with Gasteiger partial charge in [-0.2, -0.15) is 0 Å². The lowest BCUT2D eigenvalue weighted by Crippen LogP contribution is -2.38. The van der Waals surface area contributed by atoms with Crippen LogP contribution in [-0.2, 0) is 6.54 Å². The Kier molecular flexibility index (Phi) is 6.21. The van der Waals surface area contributed by atoms with Crippen LogP contribution < -0.4 is 20.9 Å². The molecule has 0 aliphatic rings. The Morgan fingerprint density at radius 1 is 1.22 bits per heavy atom. The minimum Gasteiger partial charge on any atom is -0.493 e. The van der Waals surface area contributed by atoms with Gasteiger partial charge >= 0.3 is 0 Å². The summed E-state index contributed by atoms with van der Waals surface area (Å²) in [6.07, 6.45) is 3.85. The number of rotatable bonds is 9. The zero-order chi connectivity index (χ0) is 16.9. The number of hydrogen-bond donors (Lipinski definition) is 2. The van der Waals surface area contributed by atoms with Crippen molar-refractivity contribution in [3.05, 3.63) is 17.1 Å². The summed E-state index contributed by atoms with van der Waals surface area (Å²) >= 11 is 1.58. The minimum atomic E-state index is -0.0810. The van der Waals surface area contributed by atoms with Crippen LogP contribution >= 0.6 is 11.3 Å². The molecule has 0 aliphatic carbocycles. The lowest BCUT2D eigenvalue weighted by atomic mass is 9.89. The Bertz CT molecular complexity index is 638. The molecule has 0 amide bonds. The van der Waals surface area contributed by atoms with Crippen molar-refractivity contribution in [1.29, 1.82) is 0 Å². The Morgan fingerprint density at radius 2 is 1.96 bits per heavy atom. The quantitative estimate of drug-likeness (QED) is 0.685. The third-order valence-corrected chi connectivity index (χ3v) is 5.42. The van der Waals surface area contributed by atoms with Crippen molar-refractivity contribution in [3.8, 4) is 11.5 Å². The molecule has 0 saturated heterocycles. The first-order valence-corrected chi connectivity index (χ1v) is 8.96. The maximum Gasteiger partial charge on any atom is 0.163 e. The van der Waals surface area contributed by atoms with E-state index < -0.39 is 0 Å². The van der Waals surface area contributed by atoms with Gasteiger partial charge in [-0.3, -0.25) is 0 Å². The zero-order valence-corrected chi connectivity index (χ0v) is 15.0. The fraction of sp³-hybridized carbons (Fsp3) is 0.588. The number of fused-ring (bicyclic) bond motifs is 1. The van der Waals surface area contributed by atoms with Crippen molar-refractivity contribution in [2.24, 2.45) is 11.5 Å². The van der Waals surface area contributed by atoms with E-state index in [-0.39, 0.29) is 5.54 Å². The average molecular weight is 337 g/mol. The summed E-state index contributed by atoms with van der Waals surface area (Å²) in [7, 11) is 1.65. The molecule has 0 atom stereocenters. The molecule has 2 rings (SSSR count). The zero-order valence-electron chi connectivity index (χ0n) is 14.2. The molecule has 0 radical (unpaired) electrons. The highest BCUT2D eigenvalue weighted by Gasteiger charge is 2.19. The normalized spacial score (nSPS) is 11.9. The van der Waals surface area contributed by atoms with E-state index in [0.29, 0.717) is 13.2 Å². The number of ether oxygens (including phenoxy) is 2. The molecule has 0 saturated carbocycles. The summed E-state index contributed by atoms with van der Waals surface area (Å²) in [6, 6.07) is 3.89. The van der Waals surface area contributed by atoms with Crippen LogP contribution in [0.2, 0.25) is 0 Å². The van der Waals surface area contributed by atoms with E-state index in [1.165, 1.54) is 0 Å². The standard InChI is InChI=1S/C17H27N3O2S/c1-4-17(19,5-2)7-6-8-22-14-9-12-15(10-13(14)21-3)23-16(11-18)20-12/h9-10H,4-8,11,18-19H2,1-3H3. The van der Waals surface area contributed by atoms with E-state index in [9.17, 15) is 0 Å². The van der Waals surface area contributed by atoms with Gasteiger partial charge in [0.2, 0.25) is 0 Å². The van der Waals surface area contributed by atoms with Gasteiger partial charge in [-0.05, 0) is 25.7 Å². The van der Waals surface area contributed by atoms with Gasteiger partial charge in [0.15, 0.2) is 11.5 Å². The van der Waals surface area contributed by atoms with E-state index in [1.807, 2.05) is 12.1 Å². The first kappa shape index (κ1) is 18.0. The van der Waals surface area contributed by atoms with Gasteiger partial charge in [0.05, 0.1) is 23.9 Å². The fourth-order valence-electron chi connectivity index (χ4n) is 2.55. The second-order valence-corrected chi connectivity index (χ2v) is 6.92. The van der Waals surface area contributed by atoms with Gasteiger partial charge < -0.3 is 20.9 Å². The maximum atomic E-state index is 6.32. The van der Waals surface area contributed by atoms with Crippen LogP contribution in [0, 0.1) is 0 Å². The average Bonchev–Trinajstić information content (AvgIpc) is 2.99. The molecule has 2 aromatic rings. The SMILES string of the molecule is CCC(N)(CC)CCCOc1cc2nc(CN)sc2cc1OC. The smallest absolute Gasteiger partial charge is 0.163 e. The molecule has 0 unspecified atom stereocenters. The van der Waals surface area contributed by atoms with Crippen molar-refractivity contribution < 1.29 is 9.47 Å². The third kappa shape index (κ3) is 4.34. The predicted octanol–water partition coefficient (Wildman–Crippen LogP) is 3.44. The molecule has 128 valence electrons. The number of benzene rings is 1. The fourth-order valence-corrected chi connectivity index (χ4v) is 3.41. The second-order valence-electron chi connectivity index (χ2n) is 5.80. The Labute approximate surface area is 142 Å². The van der Waals surface area contributed by atoms with Gasteiger partial charge in [-0.25, -0.2) is 4.98 Å². The van der Waals surface area contributed by atoms with Crippen LogP contribution in [0.1, 0.15) is 44.5 Å². The topological polar surface area (TPSA) is 83.4 Å². The van der Waals surface area contributed by atoms with Crippen molar-refractivity contribution in [1.82, 2.24) is 4.98 Å². The van der Waals surface area contributed by atoms with Gasteiger partial charge in [0.25, 0.3) is 0 Å². The largest absolute Gasteiger partial charge is 0.493 e. The first-order valence-electron chi connectivity index (χ1n) is 8.14. The highest BCUT2D eigenvalue weighted by atomic mass is 32.1. The summed E-state index contributed by atoms with van der Waals surface area (Å²) in [5.74, 6) is 1.46. The Morgan fingerprint density at radius 3 is 2.57 bits per heavy atom. The van der Waals surface area contributed by atoms with Crippen LogP contribution in [0.3, 0.4) is 0 Å². The van der Waals surface area contributed by atoms with E-state index in [2.05, 4.69) is 18.8 Å². The van der Waals surface area contributed by atoms with Gasteiger partial charge in [-0.15, -0.1) is 11.3 Å². The van der Waals surface area contributed by atoms with Gasteiger partial charge in [0.1, 0.15) is 5.01 Å². The lowest BCUT2D eigenvalue weighted by Gasteiger charge is -2.26. The molecule has 0 aliphatic heterocycles. The third-order valence-electron chi connectivity index (χ3n) is 4.38. The van der Waals surface area contributed by atoms with Crippen molar-refractivity contribution in [2.75, 3.05) is 13.7 Å². The number of nitrogens with zero attached hydrogens (tertiary/aromatic N) is 1. The molecule has 0 bridgehead atoms. The van der Waals surface area contributed by atoms with Crippen LogP contribution in [0.25, 0.3) is 10.2 Å². The van der Waals surface area contributed by atoms with Gasteiger partial charge in [-0.1, -0.05) is 13.8 Å². The lowest BCUT2D eigenvalue weighted by molar-refractivity contribution is 0.261. The Balaban J connectivity index is 2.04. The molecule has 6 heteroatoms. The summed E-state index contributed by atoms with van der Waals surface area (Å²) < 4.78 is 12.4.